The number of nitrogens with zero attached hydrogens (tertiary/aromatic N) is 1. The Balaban J connectivity index is 1.34. The molecule has 1 aromatic carbocycles. The highest BCUT2D eigenvalue weighted by Gasteiger charge is 2.25. The molecule has 1 heterocycles. The number of aldehydes is 1. The molecular formula is C22H31N3O3. The van der Waals surface area contributed by atoms with Gasteiger partial charge >= 0.3 is 0 Å². The van der Waals surface area contributed by atoms with Crippen LogP contribution in [0.5, 0.6) is 0 Å². The van der Waals surface area contributed by atoms with Crippen molar-refractivity contribution in [2.75, 3.05) is 24.5 Å². The van der Waals surface area contributed by atoms with Crippen molar-refractivity contribution >= 4 is 23.8 Å². The quantitative estimate of drug-likeness (QED) is 0.708. The van der Waals surface area contributed by atoms with Gasteiger partial charge in [0, 0.05) is 49.3 Å². The molecule has 28 heavy (non-hydrogen) atoms. The first kappa shape index (κ1) is 20.4. The van der Waals surface area contributed by atoms with Crippen molar-refractivity contribution in [3.8, 4) is 0 Å². The van der Waals surface area contributed by atoms with Gasteiger partial charge in [0.1, 0.15) is 6.29 Å². The van der Waals surface area contributed by atoms with Gasteiger partial charge in [0.2, 0.25) is 11.8 Å². The highest BCUT2D eigenvalue weighted by molar-refractivity contribution is 5.81. The van der Waals surface area contributed by atoms with Crippen LogP contribution in [0, 0.1) is 5.92 Å². The summed E-state index contributed by atoms with van der Waals surface area (Å²) in [5.41, 5.74) is 1.76. The predicted molar refractivity (Wildman–Crippen MR) is 109 cm³/mol. The minimum Gasteiger partial charge on any atom is -0.371 e. The first-order valence-corrected chi connectivity index (χ1v) is 10.5. The van der Waals surface area contributed by atoms with E-state index in [0.717, 1.165) is 50.7 Å². The number of benzene rings is 1. The van der Waals surface area contributed by atoms with E-state index >= 15 is 0 Å². The Morgan fingerprint density at radius 1 is 1.00 bits per heavy atom. The van der Waals surface area contributed by atoms with Crippen LogP contribution < -0.4 is 15.5 Å². The van der Waals surface area contributed by atoms with Crippen molar-refractivity contribution < 1.29 is 14.4 Å². The van der Waals surface area contributed by atoms with Crippen molar-refractivity contribution in [1.29, 1.82) is 0 Å². The molecule has 1 aliphatic carbocycles. The largest absolute Gasteiger partial charge is 0.371 e. The van der Waals surface area contributed by atoms with Crippen LogP contribution in [-0.2, 0) is 9.59 Å². The highest BCUT2D eigenvalue weighted by Crippen LogP contribution is 2.23. The minimum absolute atomic E-state index is 0.00639. The SMILES string of the molecule is O=Cc1ccc(N2CCC(C(=O)NCCC(=O)NC3CCCCC3)CC2)cc1. The predicted octanol–water partition coefficient (Wildman–Crippen LogP) is 2.67. The average molecular weight is 386 g/mol. The molecular weight excluding hydrogens is 354 g/mol. The Morgan fingerprint density at radius 3 is 2.32 bits per heavy atom. The zero-order valence-corrected chi connectivity index (χ0v) is 16.5. The third kappa shape index (κ3) is 5.81. The smallest absolute Gasteiger partial charge is 0.223 e. The minimum atomic E-state index is 0.00639. The van der Waals surface area contributed by atoms with Gasteiger partial charge in [-0.15, -0.1) is 0 Å². The Labute approximate surface area is 167 Å². The second-order valence-corrected chi connectivity index (χ2v) is 7.91. The summed E-state index contributed by atoms with van der Waals surface area (Å²) in [4.78, 5) is 37.4. The molecule has 1 aromatic rings. The van der Waals surface area contributed by atoms with E-state index in [1.807, 2.05) is 24.3 Å². The maximum absolute atomic E-state index is 12.4. The molecule has 0 bridgehead atoms. The number of anilines is 1. The van der Waals surface area contributed by atoms with E-state index in [1.54, 1.807) is 0 Å². The van der Waals surface area contributed by atoms with Gasteiger partial charge < -0.3 is 15.5 Å². The zero-order valence-electron chi connectivity index (χ0n) is 16.5. The number of rotatable bonds is 7. The van der Waals surface area contributed by atoms with E-state index < -0.39 is 0 Å². The van der Waals surface area contributed by atoms with Gasteiger partial charge in [-0.25, -0.2) is 0 Å². The van der Waals surface area contributed by atoms with Crippen LogP contribution in [0.3, 0.4) is 0 Å². The van der Waals surface area contributed by atoms with Crippen LogP contribution in [0.4, 0.5) is 5.69 Å². The van der Waals surface area contributed by atoms with E-state index in [-0.39, 0.29) is 17.7 Å². The van der Waals surface area contributed by atoms with Crippen LogP contribution in [0.1, 0.15) is 61.7 Å². The lowest BCUT2D eigenvalue weighted by molar-refractivity contribution is -0.126. The molecule has 2 N–H and O–H groups in total. The second kappa shape index (κ2) is 10.2. The molecule has 2 aliphatic rings. The molecule has 1 aliphatic heterocycles. The lowest BCUT2D eigenvalue weighted by Crippen LogP contribution is -2.42. The number of amides is 2. The molecule has 1 saturated heterocycles. The van der Waals surface area contributed by atoms with Crippen LogP contribution >= 0.6 is 0 Å². The van der Waals surface area contributed by atoms with Gasteiger partial charge in [-0.3, -0.25) is 14.4 Å². The Bertz CT molecular complexity index is 660. The number of hydrogen-bond donors (Lipinski definition) is 2. The number of nitrogens with one attached hydrogen (secondary N) is 2. The first-order valence-electron chi connectivity index (χ1n) is 10.5. The van der Waals surface area contributed by atoms with Crippen molar-refractivity contribution in [1.82, 2.24) is 10.6 Å². The van der Waals surface area contributed by atoms with Crippen molar-refractivity contribution in [2.45, 2.75) is 57.4 Å². The average Bonchev–Trinajstić information content (AvgIpc) is 2.74. The zero-order chi connectivity index (χ0) is 19.8. The Kier molecular flexibility index (Phi) is 7.46. The molecule has 2 amide bonds. The van der Waals surface area contributed by atoms with Gasteiger partial charge in [0.15, 0.2) is 0 Å². The molecule has 3 rings (SSSR count). The highest BCUT2D eigenvalue weighted by atomic mass is 16.2. The molecule has 0 aromatic heterocycles. The topological polar surface area (TPSA) is 78.5 Å². The molecule has 0 unspecified atom stereocenters. The third-order valence-corrected chi connectivity index (χ3v) is 5.88. The first-order chi connectivity index (χ1) is 13.7. The number of piperidine rings is 1. The number of hydrogen-bond acceptors (Lipinski definition) is 4. The lowest BCUT2D eigenvalue weighted by atomic mass is 9.95. The van der Waals surface area contributed by atoms with E-state index in [2.05, 4.69) is 15.5 Å². The standard InChI is InChI=1S/C22H31N3O3/c26-16-17-6-8-20(9-7-17)25-14-11-18(12-15-25)22(28)23-13-10-21(27)24-19-4-2-1-3-5-19/h6-9,16,18-19H,1-5,10-15H2,(H,23,28)(H,24,27). The third-order valence-electron chi connectivity index (χ3n) is 5.88. The maximum atomic E-state index is 12.4. The summed E-state index contributed by atoms with van der Waals surface area (Å²) in [7, 11) is 0. The maximum Gasteiger partial charge on any atom is 0.223 e. The van der Waals surface area contributed by atoms with E-state index in [0.29, 0.717) is 24.6 Å². The van der Waals surface area contributed by atoms with Crippen LogP contribution in [0.15, 0.2) is 24.3 Å². The normalized spacial score (nSPS) is 18.5. The molecule has 0 atom stereocenters. The fourth-order valence-corrected chi connectivity index (χ4v) is 4.15. The summed E-state index contributed by atoms with van der Waals surface area (Å²) >= 11 is 0. The molecule has 6 heteroatoms. The molecule has 0 radical (unpaired) electrons. The summed E-state index contributed by atoms with van der Waals surface area (Å²) in [6, 6.07) is 7.87. The van der Waals surface area contributed by atoms with Gasteiger partial charge in [0.25, 0.3) is 0 Å². The summed E-state index contributed by atoms with van der Waals surface area (Å²) in [5.74, 6) is 0.106. The summed E-state index contributed by atoms with van der Waals surface area (Å²) in [5, 5.41) is 6.02. The number of carbonyl (C=O) groups is 3. The van der Waals surface area contributed by atoms with Crippen molar-refractivity contribution in [2.24, 2.45) is 5.92 Å². The summed E-state index contributed by atoms with van der Waals surface area (Å²) < 4.78 is 0. The molecule has 2 fully saturated rings. The Hall–Kier alpha value is -2.37. The van der Waals surface area contributed by atoms with E-state index in [9.17, 15) is 14.4 Å². The fourth-order valence-electron chi connectivity index (χ4n) is 4.15. The van der Waals surface area contributed by atoms with Crippen molar-refractivity contribution in [3.05, 3.63) is 29.8 Å². The van der Waals surface area contributed by atoms with Gasteiger partial charge in [0.05, 0.1) is 0 Å². The van der Waals surface area contributed by atoms with Crippen LogP contribution in [0.2, 0.25) is 0 Å². The number of carbonyl (C=O) groups excluding carboxylic acids is 3. The fraction of sp³-hybridized carbons (Fsp3) is 0.591. The van der Waals surface area contributed by atoms with Gasteiger partial charge in [-0.05, 0) is 49.9 Å². The molecule has 152 valence electrons. The Morgan fingerprint density at radius 2 is 1.68 bits per heavy atom. The second-order valence-electron chi connectivity index (χ2n) is 7.91. The van der Waals surface area contributed by atoms with Gasteiger partial charge in [-0.1, -0.05) is 19.3 Å². The van der Waals surface area contributed by atoms with Gasteiger partial charge in [-0.2, -0.15) is 0 Å². The molecule has 6 nitrogen and oxygen atoms in total. The van der Waals surface area contributed by atoms with Crippen LogP contribution in [-0.4, -0.2) is 43.8 Å². The molecule has 0 spiro atoms. The molecule has 1 saturated carbocycles. The van der Waals surface area contributed by atoms with E-state index in [1.165, 1.54) is 19.3 Å². The monoisotopic (exact) mass is 385 g/mol. The summed E-state index contributed by atoms with van der Waals surface area (Å²) in [6.07, 6.45) is 8.61. The summed E-state index contributed by atoms with van der Waals surface area (Å²) in [6.45, 7) is 2.05. The van der Waals surface area contributed by atoms with Crippen molar-refractivity contribution in [3.63, 3.8) is 0 Å². The lowest BCUT2D eigenvalue weighted by Gasteiger charge is -2.33. The van der Waals surface area contributed by atoms with Crippen LogP contribution in [0.25, 0.3) is 0 Å². The van der Waals surface area contributed by atoms with E-state index in [4.69, 9.17) is 0 Å².